The normalized spacial score (nSPS) is 30.6. The summed E-state index contributed by atoms with van der Waals surface area (Å²) in [7, 11) is 2.10. The van der Waals surface area contributed by atoms with Crippen molar-refractivity contribution in [3.05, 3.63) is 0 Å². The van der Waals surface area contributed by atoms with Crippen LogP contribution in [0.5, 0.6) is 0 Å². The lowest BCUT2D eigenvalue weighted by Gasteiger charge is -2.42. The molecule has 4 heteroatoms. The van der Waals surface area contributed by atoms with Crippen LogP contribution in [0.1, 0.15) is 13.8 Å². The summed E-state index contributed by atoms with van der Waals surface area (Å²) >= 11 is 0. The zero-order chi connectivity index (χ0) is 10.0. The van der Waals surface area contributed by atoms with Gasteiger partial charge in [-0.2, -0.15) is 0 Å². The Labute approximate surface area is 79.7 Å². The molecule has 1 rings (SSSR count). The molecule has 1 aliphatic rings. The van der Waals surface area contributed by atoms with Crippen molar-refractivity contribution in [3.8, 4) is 0 Å². The van der Waals surface area contributed by atoms with E-state index in [1.54, 1.807) is 0 Å². The maximum Gasteiger partial charge on any atom is 0.236 e. The minimum absolute atomic E-state index is 0.0619. The van der Waals surface area contributed by atoms with E-state index in [0.717, 1.165) is 13.1 Å². The maximum atomic E-state index is 11.3. The zero-order valence-electron chi connectivity index (χ0n) is 8.66. The number of hydrogen-bond acceptors (Lipinski definition) is 3. The molecule has 2 N–H and O–H groups in total. The van der Waals surface area contributed by atoms with E-state index >= 15 is 0 Å². The summed E-state index contributed by atoms with van der Waals surface area (Å²) in [6.07, 6.45) is 0. The number of nitrogens with zero attached hydrogens (tertiary/aromatic N) is 2. The molecule has 1 heterocycles. The van der Waals surface area contributed by atoms with Crippen LogP contribution >= 0.6 is 0 Å². The van der Waals surface area contributed by atoms with Gasteiger partial charge in [0.1, 0.15) is 0 Å². The molecular weight excluding hydrogens is 166 g/mol. The number of hydrogen-bond donors (Lipinski definition) is 1. The molecule has 1 amide bonds. The van der Waals surface area contributed by atoms with Crippen molar-refractivity contribution >= 4 is 5.91 Å². The number of rotatable bonds is 1. The van der Waals surface area contributed by atoms with Gasteiger partial charge in [-0.25, -0.2) is 0 Å². The molecule has 76 valence electrons. The van der Waals surface area contributed by atoms with Crippen LogP contribution in [0.2, 0.25) is 0 Å². The molecule has 4 nitrogen and oxygen atoms in total. The predicted molar refractivity (Wildman–Crippen MR) is 52.3 cm³/mol. The Balaban J connectivity index is 2.58. The van der Waals surface area contributed by atoms with E-state index in [4.69, 9.17) is 5.73 Å². The van der Waals surface area contributed by atoms with E-state index in [1.165, 1.54) is 0 Å². The molecule has 2 unspecified atom stereocenters. The van der Waals surface area contributed by atoms with E-state index in [1.807, 2.05) is 4.90 Å². The zero-order valence-corrected chi connectivity index (χ0v) is 8.66. The Morgan fingerprint density at radius 3 is 2.23 bits per heavy atom. The third kappa shape index (κ3) is 2.19. The molecule has 0 aromatic rings. The second-order valence-electron chi connectivity index (χ2n) is 3.87. The summed E-state index contributed by atoms with van der Waals surface area (Å²) in [6.45, 7) is 6.00. The van der Waals surface area contributed by atoms with E-state index in [-0.39, 0.29) is 12.5 Å². The summed E-state index contributed by atoms with van der Waals surface area (Å²) in [5.74, 6) is 0.0619. The van der Waals surface area contributed by atoms with Crippen LogP contribution in [0, 0.1) is 0 Å². The van der Waals surface area contributed by atoms with Gasteiger partial charge in [0.2, 0.25) is 5.91 Å². The van der Waals surface area contributed by atoms with Gasteiger partial charge in [-0.1, -0.05) is 0 Å². The van der Waals surface area contributed by atoms with Crippen LogP contribution in [0.4, 0.5) is 0 Å². The van der Waals surface area contributed by atoms with E-state index in [2.05, 4.69) is 25.8 Å². The van der Waals surface area contributed by atoms with E-state index in [0.29, 0.717) is 12.1 Å². The van der Waals surface area contributed by atoms with Crippen LogP contribution in [0.15, 0.2) is 0 Å². The van der Waals surface area contributed by atoms with Gasteiger partial charge in [0.15, 0.2) is 0 Å². The van der Waals surface area contributed by atoms with Gasteiger partial charge in [0, 0.05) is 25.2 Å². The van der Waals surface area contributed by atoms with Gasteiger partial charge in [0.25, 0.3) is 0 Å². The smallest absolute Gasteiger partial charge is 0.236 e. The maximum absolute atomic E-state index is 11.3. The third-order valence-corrected chi connectivity index (χ3v) is 2.89. The Morgan fingerprint density at radius 2 is 1.85 bits per heavy atom. The number of piperazine rings is 1. The highest BCUT2D eigenvalue weighted by Gasteiger charge is 2.28. The Morgan fingerprint density at radius 1 is 1.38 bits per heavy atom. The van der Waals surface area contributed by atoms with Crippen molar-refractivity contribution in [2.24, 2.45) is 5.73 Å². The standard InChI is InChI=1S/C9H19N3O/c1-7-5-12(9(13)4-10)6-8(2)11(7)3/h7-8H,4-6,10H2,1-3H3. The van der Waals surface area contributed by atoms with Crippen molar-refractivity contribution in [2.45, 2.75) is 25.9 Å². The lowest BCUT2D eigenvalue weighted by molar-refractivity contribution is -0.133. The Kier molecular flexibility index (Phi) is 3.27. The highest BCUT2D eigenvalue weighted by atomic mass is 16.2. The van der Waals surface area contributed by atoms with Crippen molar-refractivity contribution in [1.29, 1.82) is 0 Å². The molecule has 0 saturated carbocycles. The summed E-state index contributed by atoms with van der Waals surface area (Å²) in [5.41, 5.74) is 5.32. The van der Waals surface area contributed by atoms with Crippen LogP contribution in [-0.2, 0) is 4.79 Å². The molecule has 0 spiro atoms. The fourth-order valence-corrected chi connectivity index (χ4v) is 1.74. The van der Waals surface area contributed by atoms with Crippen LogP contribution in [-0.4, -0.2) is 54.5 Å². The predicted octanol–water partition coefficient (Wildman–Crippen LogP) is -0.504. The van der Waals surface area contributed by atoms with E-state index < -0.39 is 0 Å². The molecule has 0 aliphatic carbocycles. The molecule has 1 saturated heterocycles. The first-order chi connectivity index (χ1) is 6.06. The molecule has 2 atom stereocenters. The van der Waals surface area contributed by atoms with Crippen molar-refractivity contribution in [3.63, 3.8) is 0 Å². The van der Waals surface area contributed by atoms with Gasteiger partial charge < -0.3 is 10.6 Å². The van der Waals surface area contributed by atoms with E-state index in [9.17, 15) is 4.79 Å². The van der Waals surface area contributed by atoms with Crippen LogP contribution < -0.4 is 5.73 Å². The number of amides is 1. The molecule has 1 aliphatic heterocycles. The second kappa shape index (κ2) is 4.07. The fraction of sp³-hybridized carbons (Fsp3) is 0.889. The van der Waals surface area contributed by atoms with Gasteiger partial charge in [-0.15, -0.1) is 0 Å². The summed E-state index contributed by atoms with van der Waals surface area (Å²) in [6, 6.07) is 0.860. The molecule has 1 fully saturated rings. The van der Waals surface area contributed by atoms with Gasteiger partial charge in [0.05, 0.1) is 6.54 Å². The van der Waals surface area contributed by atoms with Crippen LogP contribution in [0.25, 0.3) is 0 Å². The molecule has 0 radical (unpaired) electrons. The van der Waals surface area contributed by atoms with Gasteiger partial charge in [-0.05, 0) is 20.9 Å². The first-order valence-electron chi connectivity index (χ1n) is 4.76. The molecule has 0 aromatic heterocycles. The second-order valence-corrected chi connectivity index (χ2v) is 3.87. The van der Waals surface area contributed by atoms with Gasteiger partial charge in [-0.3, -0.25) is 9.69 Å². The summed E-state index contributed by atoms with van der Waals surface area (Å²) in [5, 5.41) is 0. The lowest BCUT2D eigenvalue weighted by atomic mass is 10.1. The van der Waals surface area contributed by atoms with Crippen molar-refractivity contribution in [1.82, 2.24) is 9.80 Å². The SMILES string of the molecule is CC1CN(C(=O)CN)CC(C)N1C. The largest absolute Gasteiger partial charge is 0.338 e. The third-order valence-electron chi connectivity index (χ3n) is 2.89. The van der Waals surface area contributed by atoms with Gasteiger partial charge >= 0.3 is 0 Å². The fourth-order valence-electron chi connectivity index (χ4n) is 1.74. The van der Waals surface area contributed by atoms with Crippen molar-refractivity contribution in [2.75, 3.05) is 26.7 Å². The highest BCUT2D eigenvalue weighted by molar-refractivity contribution is 5.78. The Hall–Kier alpha value is -0.610. The number of carbonyl (C=O) groups is 1. The molecule has 0 bridgehead atoms. The number of likely N-dealkylation sites (N-methyl/N-ethyl adjacent to an activating group) is 1. The lowest BCUT2D eigenvalue weighted by Crippen LogP contribution is -2.57. The first kappa shape index (κ1) is 10.5. The number of carbonyl (C=O) groups excluding carboxylic acids is 1. The topological polar surface area (TPSA) is 49.6 Å². The minimum atomic E-state index is 0.0619. The van der Waals surface area contributed by atoms with Crippen molar-refractivity contribution < 1.29 is 4.79 Å². The van der Waals surface area contributed by atoms with Crippen LogP contribution in [0.3, 0.4) is 0 Å². The quantitative estimate of drug-likeness (QED) is 0.599. The first-order valence-corrected chi connectivity index (χ1v) is 4.76. The molecule has 0 aromatic carbocycles. The summed E-state index contributed by atoms with van der Waals surface area (Å²) in [4.78, 5) is 15.5. The Bertz CT molecular complexity index is 183. The monoisotopic (exact) mass is 185 g/mol. The molecule has 13 heavy (non-hydrogen) atoms. The summed E-state index contributed by atoms with van der Waals surface area (Å²) < 4.78 is 0. The minimum Gasteiger partial charge on any atom is -0.338 e. The average molecular weight is 185 g/mol. The number of nitrogens with two attached hydrogens (primary N) is 1. The highest BCUT2D eigenvalue weighted by Crippen LogP contribution is 2.12. The molecular formula is C9H19N3O. The average Bonchev–Trinajstić information content (AvgIpc) is 2.12.